The van der Waals surface area contributed by atoms with Crippen LogP contribution in [0.1, 0.15) is 40.3 Å². The Hall–Kier alpha value is -3.79. The van der Waals surface area contributed by atoms with Gasteiger partial charge in [-0.3, -0.25) is 9.59 Å². The number of anilines is 3. The Morgan fingerprint density at radius 3 is 2.85 bits per heavy atom. The molecule has 0 aromatic carbocycles. The second-order valence-corrected chi connectivity index (χ2v) is 9.86. The monoisotopic (exact) mass is 489 g/mol. The van der Waals surface area contributed by atoms with Gasteiger partial charge in [0.15, 0.2) is 11.5 Å². The quantitative estimate of drug-likeness (QED) is 0.422. The van der Waals surface area contributed by atoms with Gasteiger partial charge in [-0.15, -0.1) is 10.2 Å². The van der Waals surface area contributed by atoms with E-state index in [9.17, 15) is 13.8 Å². The van der Waals surface area contributed by atoms with E-state index in [1.807, 2.05) is 11.4 Å². The first-order valence-corrected chi connectivity index (χ1v) is 12.2. The van der Waals surface area contributed by atoms with Gasteiger partial charge in [0.1, 0.15) is 11.6 Å². The molecular weight excluding hydrogens is 460 g/mol. The van der Waals surface area contributed by atoms with Gasteiger partial charge in [-0.2, -0.15) is 5.26 Å². The van der Waals surface area contributed by atoms with Crippen molar-refractivity contribution in [1.29, 1.82) is 5.26 Å². The maximum Gasteiger partial charge on any atom is 0.273 e. The van der Waals surface area contributed by atoms with Gasteiger partial charge in [-0.1, -0.05) is 0 Å². The number of nitrogens with zero attached hydrogens (tertiary/aromatic N) is 5. The van der Waals surface area contributed by atoms with E-state index < -0.39 is 22.6 Å². The molecule has 1 saturated carbocycles. The molecule has 1 aliphatic carbocycles. The summed E-state index contributed by atoms with van der Waals surface area (Å²) in [6.07, 6.45) is 5.06. The summed E-state index contributed by atoms with van der Waals surface area (Å²) in [6, 6.07) is 4.80. The van der Waals surface area contributed by atoms with Crippen molar-refractivity contribution in [3.63, 3.8) is 0 Å². The summed E-state index contributed by atoms with van der Waals surface area (Å²) in [7, 11) is -1.60. The second kappa shape index (κ2) is 10.9. The SMILES string of the molecule is [2H]C([2H])([2H])NC(=O)c1nnc(NC(=O)C2CC2)cc1Nc1ncc(OCCCC#N)cc1S(C)(=O)=NC. The van der Waals surface area contributed by atoms with Crippen molar-refractivity contribution < 1.29 is 22.6 Å². The zero-order valence-electron chi connectivity index (χ0n) is 21.6. The van der Waals surface area contributed by atoms with Gasteiger partial charge in [0.25, 0.3) is 5.91 Å². The molecule has 0 spiro atoms. The minimum atomic E-state index is -2.98. The lowest BCUT2D eigenvalue weighted by atomic mass is 10.2. The van der Waals surface area contributed by atoms with E-state index in [0.717, 1.165) is 12.8 Å². The van der Waals surface area contributed by atoms with Crippen molar-refractivity contribution in [1.82, 2.24) is 20.5 Å². The highest BCUT2D eigenvalue weighted by molar-refractivity contribution is 7.93. The highest BCUT2D eigenvalue weighted by Gasteiger charge is 2.30. The molecule has 2 heterocycles. The Kier molecular flexibility index (Phi) is 6.66. The third-order valence-electron chi connectivity index (χ3n) is 4.86. The van der Waals surface area contributed by atoms with Crippen LogP contribution in [0.3, 0.4) is 0 Å². The van der Waals surface area contributed by atoms with Crippen LogP contribution in [0.5, 0.6) is 5.75 Å². The first-order chi connectivity index (χ1) is 17.4. The zero-order chi connectivity index (χ0) is 27.2. The number of pyridine rings is 1. The fourth-order valence-electron chi connectivity index (χ4n) is 2.80. The van der Waals surface area contributed by atoms with E-state index in [2.05, 4.69) is 30.2 Å². The van der Waals surface area contributed by atoms with Crippen molar-refractivity contribution in [3.05, 3.63) is 24.0 Å². The lowest BCUT2D eigenvalue weighted by molar-refractivity contribution is -0.117. The van der Waals surface area contributed by atoms with Gasteiger partial charge < -0.3 is 20.7 Å². The summed E-state index contributed by atoms with van der Waals surface area (Å²) in [5.74, 6) is -1.06. The first kappa shape index (κ1) is 20.8. The number of carbonyl (C=O) groups excluding carboxylic acids is 2. The molecule has 0 radical (unpaired) electrons. The number of ether oxygens (including phenoxy) is 1. The normalized spacial score (nSPS) is 16.0. The third-order valence-corrected chi connectivity index (χ3v) is 6.68. The summed E-state index contributed by atoms with van der Waals surface area (Å²) in [6.45, 7) is -2.55. The van der Waals surface area contributed by atoms with Crippen LogP contribution < -0.4 is 20.7 Å². The van der Waals surface area contributed by atoms with E-state index in [1.165, 1.54) is 31.6 Å². The number of aromatic nitrogens is 3. The van der Waals surface area contributed by atoms with Gasteiger partial charge in [0.2, 0.25) is 5.91 Å². The molecule has 34 heavy (non-hydrogen) atoms. The molecule has 0 bridgehead atoms. The minimum Gasteiger partial charge on any atom is -0.492 e. The summed E-state index contributed by atoms with van der Waals surface area (Å²) in [5, 5.41) is 23.6. The second-order valence-electron chi connectivity index (χ2n) is 7.45. The molecule has 12 nitrogen and oxygen atoms in total. The van der Waals surface area contributed by atoms with Gasteiger partial charge >= 0.3 is 0 Å². The predicted molar refractivity (Wildman–Crippen MR) is 125 cm³/mol. The van der Waals surface area contributed by atoms with Crippen molar-refractivity contribution in [2.75, 3.05) is 37.5 Å². The fraction of sp³-hybridized carbons (Fsp3) is 0.429. The van der Waals surface area contributed by atoms with Gasteiger partial charge in [-0.25, -0.2) is 13.6 Å². The number of nitrogens with one attached hydrogen (secondary N) is 3. The molecule has 2 aromatic rings. The molecule has 1 fully saturated rings. The van der Waals surface area contributed by atoms with Gasteiger partial charge in [0, 0.05) is 48.9 Å². The standard InChI is InChI=1S/C21H26N8O4S/c1-23-21(31)18-15(11-17(28-29-18)27-20(30)13-6-7-13)26-19-16(34(3,32)24-2)10-14(12-25-19)33-9-5-4-8-22/h10-13H,4-7,9H2,1-3H3,(H,23,31)(H2,25,26,27,28,30)/i1D3. The Balaban J connectivity index is 2.00. The molecule has 2 amide bonds. The van der Waals surface area contributed by atoms with Crippen LogP contribution in [0, 0.1) is 17.2 Å². The highest BCUT2D eigenvalue weighted by atomic mass is 32.2. The minimum absolute atomic E-state index is 0.0289. The topological polar surface area (TPSA) is 171 Å². The lowest BCUT2D eigenvalue weighted by Gasteiger charge is -2.16. The summed E-state index contributed by atoms with van der Waals surface area (Å²) < 4.78 is 44.7. The third kappa shape index (κ3) is 6.16. The Morgan fingerprint density at radius 1 is 1.38 bits per heavy atom. The smallest absolute Gasteiger partial charge is 0.273 e. The van der Waals surface area contributed by atoms with Crippen LogP contribution in [0.4, 0.5) is 17.3 Å². The van der Waals surface area contributed by atoms with Crippen LogP contribution >= 0.6 is 0 Å². The molecule has 3 rings (SSSR count). The number of rotatable bonds is 10. The van der Waals surface area contributed by atoms with E-state index in [0.29, 0.717) is 18.6 Å². The van der Waals surface area contributed by atoms with Crippen molar-refractivity contribution in [2.45, 2.75) is 30.6 Å². The number of nitriles is 1. The number of carbonyl (C=O) groups is 2. The highest BCUT2D eigenvalue weighted by Crippen LogP contribution is 2.32. The van der Waals surface area contributed by atoms with Crippen molar-refractivity contribution in [3.8, 4) is 11.8 Å². The van der Waals surface area contributed by atoms with Crippen LogP contribution in [-0.4, -0.2) is 58.1 Å². The van der Waals surface area contributed by atoms with Crippen LogP contribution in [0.25, 0.3) is 0 Å². The molecule has 1 atom stereocenters. The number of hydrogen-bond donors (Lipinski definition) is 3. The lowest BCUT2D eigenvalue weighted by Crippen LogP contribution is -2.23. The average molecular weight is 490 g/mol. The summed E-state index contributed by atoms with van der Waals surface area (Å²) in [4.78, 5) is 29.3. The van der Waals surface area contributed by atoms with Crippen LogP contribution in [0.15, 0.2) is 27.6 Å². The maximum atomic E-state index is 13.2. The fourth-order valence-corrected chi connectivity index (χ4v) is 3.80. The summed E-state index contributed by atoms with van der Waals surface area (Å²) in [5.41, 5.74) is -0.424. The van der Waals surface area contributed by atoms with E-state index in [1.54, 1.807) is 0 Å². The molecule has 13 heteroatoms. The Labute approximate surface area is 201 Å². The van der Waals surface area contributed by atoms with Gasteiger partial charge in [-0.05, 0) is 19.3 Å². The first-order valence-electron chi connectivity index (χ1n) is 11.8. The Morgan fingerprint density at radius 2 is 2.18 bits per heavy atom. The molecule has 180 valence electrons. The molecule has 0 saturated heterocycles. The Bertz CT molecular complexity index is 1350. The van der Waals surface area contributed by atoms with Crippen LogP contribution in [-0.2, 0) is 14.5 Å². The molecule has 3 N–H and O–H groups in total. The van der Waals surface area contributed by atoms with E-state index in [-0.39, 0.29) is 46.3 Å². The van der Waals surface area contributed by atoms with Crippen molar-refractivity contribution >= 4 is 38.9 Å². The number of unbranched alkanes of at least 4 members (excludes halogenated alkanes) is 1. The zero-order valence-corrected chi connectivity index (χ0v) is 19.4. The largest absolute Gasteiger partial charge is 0.492 e. The van der Waals surface area contributed by atoms with E-state index in [4.69, 9.17) is 14.1 Å². The van der Waals surface area contributed by atoms with E-state index >= 15 is 0 Å². The molecule has 2 aromatic heterocycles. The number of amides is 2. The average Bonchev–Trinajstić information content (AvgIpc) is 3.67. The molecule has 1 aliphatic rings. The summed E-state index contributed by atoms with van der Waals surface area (Å²) >= 11 is 0. The molecule has 0 aliphatic heterocycles. The molecule has 1 unspecified atom stereocenters. The van der Waals surface area contributed by atoms with Crippen LogP contribution in [0.2, 0.25) is 0 Å². The predicted octanol–water partition coefficient (Wildman–Crippen LogP) is 2.09. The van der Waals surface area contributed by atoms with Crippen molar-refractivity contribution in [2.24, 2.45) is 10.3 Å². The molecular formula is C21H26N8O4S. The van der Waals surface area contributed by atoms with Gasteiger partial charge in [0.05, 0.1) is 39.2 Å². The maximum absolute atomic E-state index is 13.2. The number of hydrogen-bond acceptors (Lipinski definition) is 10.